The Kier molecular flexibility index (Phi) is 117. The first-order valence-electron chi connectivity index (χ1n) is 58.0. The average molecular weight is 1750 g/mol. The number of hydrogen-bond acceptors (Lipinski definition) is 8. The van der Waals surface area contributed by atoms with Crippen LogP contribution in [0.15, 0.2) is 0 Å². The van der Waals surface area contributed by atoms with E-state index < -0.39 is 0 Å². The van der Waals surface area contributed by atoms with E-state index in [1.165, 1.54) is 565 Å². The van der Waals surface area contributed by atoms with E-state index in [4.69, 9.17) is 18.9 Å². The van der Waals surface area contributed by atoms with Crippen molar-refractivity contribution in [1.82, 2.24) is 0 Å². The maximum Gasteiger partial charge on any atom is 0.305 e. The number of esters is 4. The van der Waals surface area contributed by atoms with Crippen molar-refractivity contribution in [3.05, 3.63) is 0 Å². The smallest absolute Gasteiger partial charge is 0.305 e. The van der Waals surface area contributed by atoms with Gasteiger partial charge in [-0.25, -0.2) is 0 Å². The zero-order chi connectivity index (χ0) is 89.5. The molecule has 0 saturated carbocycles. The van der Waals surface area contributed by atoms with Crippen LogP contribution < -0.4 is 0 Å². The second kappa shape index (κ2) is 117. The molecule has 0 aliphatic rings. The molecular formula is C116H228O8. The molecule has 0 fully saturated rings. The van der Waals surface area contributed by atoms with E-state index in [0.29, 0.717) is 52.1 Å². The van der Waals surface area contributed by atoms with Crippen molar-refractivity contribution in [2.75, 3.05) is 26.4 Å². The predicted molar refractivity (Wildman–Crippen MR) is 547 cm³/mol. The highest BCUT2D eigenvalue weighted by molar-refractivity contribution is 5.70. The minimum absolute atomic E-state index is 0.0173. The van der Waals surface area contributed by atoms with Crippen molar-refractivity contribution in [2.24, 2.45) is 0 Å². The highest BCUT2D eigenvalue weighted by Crippen LogP contribution is 2.23. The molecule has 0 aliphatic carbocycles. The summed E-state index contributed by atoms with van der Waals surface area (Å²) in [6.07, 6.45) is 137. The van der Waals surface area contributed by atoms with E-state index in [1.807, 2.05) is 0 Å². The molecule has 0 rings (SSSR count). The van der Waals surface area contributed by atoms with Gasteiger partial charge in [-0.05, 0) is 51.4 Å². The molecule has 0 heterocycles. The molecule has 0 N–H and O–H groups in total. The van der Waals surface area contributed by atoms with Gasteiger partial charge in [0.2, 0.25) is 0 Å². The van der Waals surface area contributed by atoms with Crippen LogP contribution in [0, 0.1) is 0 Å². The molecule has 0 spiro atoms. The molecule has 0 bridgehead atoms. The summed E-state index contributed by atoms with van der Waals surface area (Å²) in [4.78, 5) is 48.3. The standard InChI is InChI=1S/C60H118O4.C56H110O4/c1-3-5-7-9-11-13-15-17-19-21-25-29-33-37-41-45-49-53-57-63-59(61)55-51-47-43-39-35-31-27-23-24-28-32-36-40-44-48-52-56-60(62)64-58-54-50-46-42-38-34-30-26-22-20-18-16-14-12-10-8-6-4-2;1-3-5-7-9-11-13-15-17-19-25-29-33-37-41-45-49-53-59-55(57)51-47-43-39-35-31-27-23-21-22-24-28-32-36-40-44-48-52-56(58)60-54-50-46-42-38-34-30-26-20-18-16-14-12-10-8-6-4-2/h3-58H2,1-2H3;3-54H2,1-2H3. The number of ether oxygens (including phenoxy) is 4. The maximum atomic E-state index is 12.1. The summed E-state index contributed by atoms with van der Waals surface area (Å²) in [6.45, 7) is 11.7. The fraction of sp³-hybridized carbons (Fsp3) is 0.966. The van der Waals surface area contributed by atoms with E-state index >= 15 is 0 Å². The first-order chi connectivity index (χ1) is 61.4. The topological polar surface area (TPSA) is 105 Å². The van der Waals surface area contributed by atoms with Crippen LogP contribution in [0.25, 0.3) is 0 Å². The van der Waals surface area contributed by atoms with Crippen LogP contribution in [-0.2, 0) is 38.1 Å². The summed E-state index contributed by atoms with van der Waals surface area (Å²) >= 11 is 0. The Hall–Kier alpha value is -2.12. The van der Waals surface area contributed by atoms with Gasteiger partial charge in [-0.1, -0.05) is 618 Å². The number of unbranched alkanes of at least 4 members (excludes halogenated alkanes) is 94. The fourth-order valence-electron chi connectivity index (χ4n) is 18.4. The predicted octanol–water partition coefficient (Wildman–Crippen LogP) is 40.8. The Morgan fingerprint density at radius 1 is 0.105 bits per heavy atom. The van der Waals surface area contributed by atoms with Gasteiger partial charge in [-0.3, -0.25) is 19.2 Å². The van der Waals surface area contributed by atoms with E-state index in [-0.39, 0.29) is 23.9 Å². The minimum Gasteiger partial charge on any atom is -0.466 e. The lowest BCUT2D eigenvalue weighted by atomic mass is 10.0. The van der Waals surface area contributed by atoms with Gasteiger partial charge in [-0.2, -0.15) is 0 Å². The third kappa shape index (κ3) is 118. The lowest BCUT2D eigenvalue weighted by Crippen LogP contribution is -2.05. The molecule has 0 aromatic rings. The summed E-state index contributed by atoms with van der Waals surface area (Å²) in [7, 11) is 0. The van der Waals surface area contributed by atoms with Gasteiger partial charge in [0.15, 0.2) is 0 Å². The van der Waals surface area contributed by atoms with Crippen LogP contribution in [0.5, 0.6) is 0 Å². The van der Waals surface area contributed by atoms with Gasteiger partial charge in [0.05, 0.1) is 26.4 Å². The van der Waals surface area contributed by atoms with Crippen molar-refractivity contribution in [2.45, 2.75) is 695 Å². The van der Waals surface area contributed by atoms with Crippen molar-refractivity contribution >= 4 is 23.9 Å². The van der Waals surface area contributed by atoms with E-state index in [0.717, 1.165) is 77.0 Å². The average Bonchev–Trinajstić information content (AvgIpc) is 1.05. The van der Waals surface area contributed by atoms with Crippen LogP contribution in [0.4, 0.5) is 0 Å². The van der Waals surface area contributed by atoms with E-state index in [9.17, 15) is 19.2 Å². The molecule has 0 aliphatic heterocycles. The van der Waals surface area contributed by atoms with Crippen LogP contribution in [0.3, 0.4) is 0 Å². The lowest BCUT2D eigenvalue weighted by molar-refractivity contribution is -0.144. The summed E-state index contributed by atoms with van der Waals surface area (Å²) in [5.41, 5.74) is 0. The van der Waals surface area contributed by atoms with Gasteiger partial charge in [0, 0.05) is 25.7 Å². The quantitative estimate of drug-likeness (QED) is 0.0337. The van der Waals surface area contributed by atoms with Crippen LogP contribution in [0.1, 0.15) is 695 Å². The van der Waals surface area contributed by atoms with Crippen molar-refractivity contribution in [3.63, 3.8) is 0 Å². The van der Waals surface area contributed by atoms with E-state index in [2.05, 4.69) is 27.7 Å². The van der Waals surface area contributed by atoms with Crippen molar-refractivity contribution in [3.8, 4) is 0 Å². The SMILES string of the molecule is CCCCCCCCCCCCCCCCCCCCOC(=O)CCCCCCCCCCCCCCCCCCC(=O)OCCCCCCCCCCCCCCCCCCCC.CCCCCCCCCCCCCCCCCCOC(=O)CCCCCCCCCCCCCCCCCCC(=O)OCCCCCCCCCCCCCCCCCC. The molecule has 0 unspecified atom stereocenters. The summed E-state index contributed by atoms with van der Waals surface area (Å²) in [6, 6.07) is 0. The fourth-order valence-corrected chi connectivity index (χ4v) is 18.4. The summed E-state index contributed by atoms with van der Waals surface area (Å²) in [5.74, 6) is 0.0717. The lowest BCUT2D eigenvalue weighted by Gasteiger charge is -2.06. The highest BCUT2D eigenvalue weighted by atomic mass is 16.5. The first kappa shape index (κ1) is 124. The zero-order valence-corrected chi connectivity index (χ0v) is 85.6. The van der Waals surface area contributed by atoms with Crippen molar-refractivity contribution in [1.29, 1.82) is 0 Å². The largest absolute Gasteiger partial charge is 0.466 e. The van der Waals surface area contributed by atoms with Crippen LogP contribution in [-0.4, -0.2) is 50.3 Å². The third-order valence-corrected chi connectivity index (χ3v) is 27.1. The highest BCUT2D eigenvalue weighted by Gasteiger charge is 2.10. The molecule has 0 aromatic carbocycles. The molecule has 0 radical (unpaired) electrons. The maximum absolute atomic E-state index is 12.1. The summed E-state index contributed by atoms with van der Waals surface area (Å²) in [5, 5.41) is 0. The summed E-state index contributed by atoms with van der Waals surface area (Å²) < 4.78 is 22.0. The Balaban J connectivity index is 0. The van der Waals surface area contributed by atoms with Gasteiger partial charge < -0.3 is 18.9 Å². The van der Waals surface area contributed by atoms with Gasteiger partial charge >= 0.3 is 23.9 Å². The van der Waals surface area contributed by atoms with Gasteiger partial charge in [-0.15, -0.1) is 0 Å². The molecule has 8 heteroatoms. The molecule has 0 saturated heterocycles. The molecular weight excluding hydrogens is 1520 g/mol. The van der Waals surface area contributed by atoms with Gasteiger partial charge in [0.1, 0.15) is 0 Å². The second-order valence-electron chi connectivity index (χ2n) is 39.8. The van der Waals surface area contributed by atoms with Gasteiger partial charge in [0.25, 0.3) is 0 Å². The monoisotopic (exact) mass is 1750 g/mol. The number of carbonyl (C=O) groups excluding carboxylic acids is 4. The Bertz CT molecular complexity index is 1820. The Labute approximate surface area is 779 Å². The number of carbonyl (C=O) groups is 4. The van der Waals surface area contributed by atoms with E-state index in [1.54, 1.807) is 0 Å². The molecule has 8 nitrogen and oxygen atoms in total. The molecule has 0 atom stereocenters. The molecule has 124 heavy (non-hydrogen) atoms. The normalized spacial score (nSPS) is 11.5. The zero-order valence-electron chi connectivity index (χ0n) is 85.6. The molecule has 740 valence electrons. The first-order valence-corrected chi connectivity index (χ1v) is 58.0. The number of hydrogen-bond donors (Lipinski definition) is 0. The molecule has 0 aromatic heterocycles. The minimum atomic E-state index is 0.0173. The van der Waals surface area contributed by atoms with Crippen molar-refractivity contribution < 1.29 is 38.1 Å². The number of rotatable bonds is 110. The Morgan fingerprint density at radius 3 is 0.266 bits per heavy atom. The van der Waals surface area contributed by atoms with Crippen LogP contribution in [0.2, 0.25) is 0 Å². The third-order valence-electron chi connectivity index (χ3n) is 27.1. The Morgan fingerprint density at radius 2 is 0.177 bits per heavy atom. The molecule has 0 amide bonds. The second-order valence-corrected chi connectivity index (χ2v) is 39.8. The van der Waals surface area contributed by atoms with Crippen LogP contribution >= 0.6 is 0 Å².